The third-order valence-corrected chi connectivity index (χ3v) is 2.16. The molecule has 0 aliphatic heterocycles. The second kappa shape index (κ2) is 6.49. The van der Waals surface area contributed by atoms with E-state index in [0.29, 0.717) is 5.56 Å². The zero-order valence-corrected chi connectivity index (χ0v) is 10.0. The Morgan fingerprint density at radius 1 is 1.28 bits per heavy atom. The summed E-state index contributed by atoms with van der Waals surface area (Å²) in [7, 11) is 0. The SMILES string of the molecule is O=C(CCCl)NCc1ccc(OC(F)(F)F)cc1. The van der Waals surface area contributed by atoms with E-state index in [-0.39, 0.29) is 30.5 Å². The highest BCUT2D eigenvalue weighted by Gasteiger charge is 2.30. The summed E-state index contributed by atoms with van der Waals surface area (Å²) in [5.41, 5.74) is 0.674. The predicted molar refractivity (Wildman–Crippen MR) is 60.3 cm³/mol. The second-order valence-electron chi connectivity index (χ2n) is 3.41. The molecule has 1 N–H and O–H groups in total. The van der Waals surface area contributed by atoms with E-state index in [4.69, 9.17) is 11.6 Å². The van der Waals surface area contributed by atoms with Crippen LogP contribution in [-0.4, -0.2) is 18.1 Å². The van der Waals surface area contributed by atoms with E-state index in [0.717, 1.165) is 0 Å². The van der Waals surface area contributed by atoms with E-state index in [2.05, 4.69) is 10.1 Å². The maximum absolute atomic E-state index is 11.9. The molecule has 0 aliphatic carbocycles. The summed E-state index contributed by atoms with van der Waals surface area (Å²) < 4.78 is 39.4. The van der Waals surface area contributed by atoms with Gasteiger partial charge in [0.25, 0.3) is 0 Å². The average Bonchev–Trinajstić information content (AvgIpc) is 2.26. The first-order chi connectivity index (χ1) is 8.40. The van der Waals surface area contributed by atoms with Crippen molar-refractivity contribution in [2.45, 2.75) is 19.3 Å². The number of carbonyl (C=O) groups is 1. The van der Waals surface area contributed by atoms with Crippen molar-refractivity contribution in [2.75, 3.05) is 5.88 Å². The first kappa shape index (κ1) is 14.6. The normalized spacial score (nSPS) is 11.1. The van der Waals surface area contributed by atoms with Crippen molar-refractivity contribution in [3.05, 3.63) is 29.8 Å². The van der Waals surface area contributed by atoms with Gasteiger partial charge in [0.2, 0.25) is 5.91 Å². The summed E-state index contributed by atoms with van der Waals surface area (Å²) >= 11 is 5.38. The Kier molecular flexibility index (Phi) is 5.27. The lowest BCUT2D eigenvalue weighted by Crippen LogP contribution is -2.22. The van der Waals surface area contributed by atoms with Gasteiger partial charge in [-0.3, -0.25) is 4.79 Å². The molecule has 7 heteroatoms. The number of carbonyl (C=O) groups excluding carboxylic acids is 1. The highest BCUT2D eigenvalue weighted by molar-refractivity contribution is 6.18. The van der Waals surface area contributed by atoms with E-state index in [1.54, 1.807) is 0 Å². The fourth-order valence-electron chi connectivity index (χ4n) is 1.18. The lowest BCUT2D eigenvalue weighted by Gasteiger charge is -2.09. The van der Waals surface area contributed by atoms with Crippen LogP contribution in [0.1, 0.15) is 12.0 Å². The zero-order chi connectivity index (χ0) is 13.6. The molecule has 1 rings (SSSR count). The molecule has 1 aromatic rings. The van der Waals surface area contributed by atoms with Crippen LogP contribution in [0.3, 0.4) is 0 Å². The molecule has 0 heterocycles. The monoisotopic (exact) mass is 281 g/mol. The number of halogens is 4. The van der Waals surface area contributed by atoms with Crippen molar-refractivity contribution in [1.82, 2.24) is 5.32 Å². The standard InChI is InChI=1S/C11H11ClF3NO2/c12-6-5-10(17)16-7-8-1-3-9(4-2-8)18-11(13,14)15/h1-4H,5-7H2,(H,16,17). The van der Waals surface area contributed by atoms with Gasteiger partial charge in [0.05, 0.1) is 0 Å². The fourth-order valence-corrected chi connectivity index (χ4v) is 1.36. The van der Waals surface area contributed by atoms with Crippen LogP contribution in [0.15, 0.2) is 24.3 Å². The van der Waals surface area contributed by atoms with Crippen molar-refractivity contribution in [3.63, 3.8) is 0 Å². The van der Waals surface area contributed by atoms with Crippen LogP contribution in [0.25, 0.3) is 0 Å². The van der Waals surface area contributed by atoms with Crippen LogP contribution in [0.4, 0.5) is 13.2 Å². The van der Waals surface area contributed by atoms with Gasteiger partial charge in [0, 0.05) is 18.8 Å². The van der Waals surface area contributed by atoms with Gasteiger partial charge in [-0.2, -0.15) is 0 Å². The molecule has 0 radical (unpaired) electrons. The maximum Gasteiger partial charge on any atom is 0.573 e. The molecule has 0 fully saturated rings. The first-order valence-corrected chi connectivity index (χ1v) is 5.61. The molecule has 100 valence electrons. The molecule has 0 spiro atoms. The van der Waals surface area contributed by atoms with Crippen LogP contribution in [0, 0.1) is 0 Å². The minimum atomic E-state index is -4.70. The number of hydrogen-bond donors (Lipinski definition) is 1. The molecular formula is C11H11ClF3NO2. The highest BCUT2D eigenvalue weighted by Crippen LogP contribution is 2.22. The molecule has 0 saturated carbocycles. The van der Waals surface area contributed by atoms with Gasteiger partial charge in [-0.05, 0) is 17.7 Å². The van der Waals surface area contributed by atoms with Gasteiger partial charge in [-0.15, -0.1) is 24.8 Å². The van der Waals surface area contributed by atoms with Crippen LogP contribution < -0.4 is 10.1 Å². The second-order valence-corrected chi connectivity index (χ2v) is 3.79. The van der Waals surface area contributed by atoms with E-state index in [9.17, 15) is 18.0 Å². The molecule has 0 aliphatic rings. The van der Waals surface area contributed by atoms with Gasteiger partial charge in [0.1, 0.15) is 5.75 Å². The van der Waals surface area contributed by atoms with E-state index in [1.165, 1.54) is 24.3 Å². The number of amides is 1. The summed E-state index contributed by atoms with van der Waals surface area (Å²) in [5.74, 6) is -0.275. The van der Waals surface area contributed by atoms with Gasteiger partial charge in [-0.1, -0.05) is 12.1 Å². The Morgan fingerprint density at radius 2 is 1.89 bits per heavy atom. The summed E-state index contributed by atoms with van der Waals surface area (Å²) in [5, 5.41) is 2.58. The van der Waals surface area contributed by atoms with E-state index >= 15 is 0 Å². The third-order valence-electron chi connectivity index (χ3n) is 1.97. The zero-order valence-electron chi connectivity index (χ0n) is 9.26. The van der Waals surface area contributed by atoms with Gasteiger partial charge < -0.3 is 10.1 Å². The molecular weight excluding hydrogens is 271 g/mol. The predicted octanol–water partition coefficient (Wildman–Crippen LogP) is 2.83. The van der Waals surface area contributed by atoms with E-state index < -0.39 is 6.36 Å². The maximum atomic E-state index is 11.9. The summed E-state index contributed by atoms with van der Waals surface area (Å²) in [6.45, 7) is 0.238. The fraction of sp³-hybridized carbons (Fsp3) is 0.364. The number of benzene rings is 1. The number of nitrogens with one attached hydrogen (secondary N) is 1. The van der Waals surface area contributed by atoms with Crippen molar-refractivity contribution in [1.29, 1.82) is 0 Å². The quantitative estimate of drug-likeness (QED) is 0.843. The van der Waals surface area contributed by atoms with Crippen molar-refractivity contribution in [2.24, 2.45) is 0 Å². The Labute approximate surface area is 107 Å². The molecule has 18 heavy (non-hydrogen) atoms. The lowest BCUT2D eigenvalue weighted by molar-refractivity contribution is -0.274. The molecule has 3 nitrogen and oxygen atoms in total. The first-order valence-electron chi connectivity index (χ1n) is 5.08. The van der Waals surface area contributed by atoms with Crippen LogP contribution in [-0.2, 0) is 11.3 Å². The van der Waals surface area contributed by atoms with Crippen molar-refractivity contribution >= 4 is 17.5 Å². The Balaban J connectivity index is 2.48. The Bertz CT molecular complexity index is 392. The summed E-state index contributed by atoms with van der Waals surface area (Å²) in [4.78, 5) is 11.1. The number of ether oxygens (including phenoxy) is 1. The van der Waals surface area contributed by atoms with Crippen molar-refractivity contribution < 1.29 is 22.7 Å². The number of alkyl halides is 4. The van der Waals surface area contributed by atoms with Crippen LogP contribution in [0.5, 0.6) is 5.75 Å². The smallest absolute Gasteiger partial charge is 0.406 e. The largest absolute Gasteiger partial charge is 0.573 e. The Hall–Kier alpha value is -1.43. The van der Waals surface area contributed by atoms with Crippen molar-refractivity contribution in [3.8, 4) is 5.75 Å². The molecule has 1 aromatic carbocycles. The van der Waals surface area contributed by atoms with Crippen LogP contribution in [0.2, 0.25) is 0 Å². The van der Waals surface area contributed by atoms with Gasteiger partial charge in [-0.25, -0.2) is 0 Å². The molecule has 0 unspecified atom stereocenters. The average molecular weight is 282 g/mol. The molecule has 1 amide bonds. The Morgan fingerprint density at radius 3 is 2.39 bits per heavy atom. The van der Waals surface area contributed by atoms with E-state index in [1.807, 2.05) is 0 Å². The highest BCUT2D eigenvalue weighted by atomic mass is 35.5. The van der Waals surface area contributed by atoms with Gasteiger partial charge in [0.15, 0.2) is 0 Å². The lowest BCUT2D eigenvalue weighted by atomic mass is 10.2. The number of rotatable bonds is 5. The topological polar surface area (TPSA) is 38.3 Å². The van der Waals surface area contributed by atoms with Gasteiger partial charge >= 0.3 is 6.36 Å². The molecule has 0 atom stereocenters. The third kappa shape index (κ3) is 5.77. The summed E-state index contributed by atoms with van der Waals surface area (Å²) in [6, 6.07) is 5.27. The van der Waals surface area contributed by atoms with Crippen LogP contribution >= 0.6 is 11.6 Å². The minimum absolute atomic E-state index is 0.205. The molecule has 0 saturated heterocycles. The number of hydrogen-bond acceptors (Lipinski definition) is 2. The minimum Gasteiger partial charge on any atom is -0.406 e. The molecule has 0 bridgehead atoms. The summed E-state index contributed by atoms with van der Waals surface area (Å²) in [6.07, 6.45) is -4.49. The molecule has 0 aromatic heterocycles.